The number of aliphatic hydroxyl groups excluding tert-OH is 1. The molecule has 72 valence electrons. The fourth-order valence-electron chi connectivity index (χ4n) is 1.15. The second-order valence-electron chi connectivity index (χ2n) is 2.55. The van der Waals surface area contributed by atoms with E-state index in [-0.39, 0.29) is 6.61 Å². The van der Waals surface area contributed by atoms with Gasteiger partial charge in [0.15, 0.2) is 0 Å². The largest absolute Gasteiger partial charge is 0.495 e. The summed E-state index contributed by atoms with van der Waals surface area (Å²) < 4.78 is 6.01. The van der Waals surface area contributed by atoms with Crippen molar-refractivity contribution < 1.29 is 9.84 Å². The van der Waals surface area contributed by atoms with Crippen molar-refractivity contribution in [2.45, 2.75) is 6.42 Å². The molecule has 0 aliphatic carbocycles. The van der Waals surface area contributed by atoms with Gasteiger partial charge in [-0.2, -0.15) is 0 Å². The SMILES string of the molecule is COc1c(Cl)cc(Br)cc1CCO. The minimum Gasteiger partial charge on any atom is -0.495 e. The van der Waals surface area contributed by atoms with Gasteiger partial charge in [-0.25, -0.2) is 0 Å². The summed E-state index contributed by atoms with van der Waals surface area (Å²) in [4.78, 5) is 0. The topological polar surface area (TPSA) is 29.5 Å². The second-order valence-corrected chi connectivity index (χ2v) is 3.88. The van der Waals surface area contributed by atoms with Crippen LogP contribution in [0.5, 0.6) is 5.75 Å². The van der Waals surface area contributed by atoms with Crippen LogP contribution < -0.4 is 4.74 Å². The Morgan fingerprint density at radius 1 is 1.54 bits per heavy atom. The number of rotatable bonds is 3. The smallest absolute Gasteiger partial charge is 0.140 e. The molecule has 0 saturated heterocycles. The molecule has 0 radical (unpaired) electrons. The van der Waals surface area contributed by atoms with E-state index in [0.29, 0.717) is 17.2 Å². The van der Waals surface area contributed by atoms with Gasteiger partial charge in [-0.05, 0) is 24.1 Å². The highest BCUT2D eigenvalue weighted by Gasteiger charge is 2.08. The van der Waals surface area contributed by atoms with Crippen LogP contribution in [0.25, 0.3) is 0 Å². The lowest BCUT2D eigenvalue weighted by molar-refractivity contribution is 0.296. The lowest BCUT2D eigenvalue weighted by Gasteiger charge is -2.09. The van der Waals surface area contributed by atoms with Crippen molar-refractivity contribution in [2.75, 3.05) is 13.7 Å². The first-order chi connectivity index (χ1) is 6.19. The van der Waals surface area contributed by atoms with Crippen molar-refractivity contribution in [1.29, 1.82) is 0 Å². The summed E-state index contributed by atoms with van der Waals surface area (Å²) in [6.07, 6.45) is 0.544. The number of hydrogen-bond donors (Lipinski definition) is 1. The van der Waals surface area contributed by atoms with E-state index in [2.05, 4.69) is 15.9 Å². The molecule has 0 unspecified atom stereocenters. The van der Waals surface area contributed by atoms with Gasteiger partial charge in [-0.1, -0.05) is 27.5 Å². The molecule has 0 aromatic heterocycles. The summed E-state index contributed by atoms with van der Waals surface area (Å²) in [5, 5.41) is 9.36. The lowest BCUT2D eigenvalue weighted by Crippen LogP contribution is -1.96. The highest BCUT2D eigenvalue weighted by molar-refractivity contribution is 9.10. The van der Waals surface area contributed by atoms with Crippen LogP contribution in [0.3, 0.4) is 0 Å². The standard InChI is InChI=1S/C9H10BrClO2/c1-13-9-6(2-3-12)4-7(10)5-8(9)11/h4-5,12H,2-3H2,1H3. The normalized spacial score (nSPS) is 10.2. The van der Waals surface area contributed by atoms with E-state index in [1.807, 2.05) is 6.07 Å². The summed E-state index contributed by atoms with van der Waals surface area (Å²) in [5.41, 5.74) is 0.907. The predicted octanol–water partition coefficient (Wildman–Crippen LogP) is 2.65. The third-order valence-corrected chi connectivity index (χ3v) is 2.41. The van der Waals surface area contributed by atoms with Crippen LogP contribution in [-0.4, -0.2) is 18.8 Å². The zero-order valence-corrected chi connectivity index (χ0v) is 9.52. The van der Waals surface area contributed by atoms with E-state index in [1.54, 1.807) is 13.2 Å². The molecule has 1 aromatic rings. The van der Waals surface area contributed by atoms with Crippen molar-refractivity contribution in [3.05, 3.63) is 27.2 Å². The summed E-state index contributed by atoms with van der Waals surface area (Å²) >= 11 is 9.26. The summed E-state index contributed by atoms with van der Waals surface area (Å²) in [6, 6.07) is 3.65. The molecule has 1 aromatic carbocycles. The third kappa shape index (κ3) is 2.59. The molecule has 0 bridgehead atoms. The van der Waals surface area contributed by atoms with Gasteiger partial charge in [-0.15, -0.1) is 0 Å². The Labute approximate surface area is 90.6 Å². The van der Waals surface area contributed by atoms with Gasteiger partial charge in [-0.3, -0.25) is 0 Å². The van der Waals surface area contributed by atoms with Gasteiger partial charge < -0.3 is 9.84 Å². The zero-order valence-electron chi connectivity index (χ0n) is 7.18. The quantitative estimate of drug-likeness (QED) is 0.910. The Kier molecular flexibility index (Phi) is 4.03. The molecule has 13 heavy (non-hydrogen) atoms. The molecule has 1 rings (SSSR count). The number of ether oxygens (including phenoxy) is 1. The molecule has 0 amide bonds. The molecule has 0 aliphatic heterocycles. The molecule has 4 heteroatoms. The van der Waals surface area contributed by atoms with E-state index in [4.69, 9.17) is 21.4 Å². The Hall–Kier alpha value is -0.250. The van der Waals surface area contributed by atoms with Crippen molar-refractivity contribution in [3.8, 4) is 5.75 Å². The molecule has 1 N–H and O–H groups in total. The van der Waals surface area contributed by atoms with E-state index < -0.39 is 0 Å². The zero-order chi connectivity index (χ0) is 9.84. The van der Waals surface area contributed by atoms with Gasteiger partial charge >= 0.3 is 0 Å². The lowest BCUT2D eigenvalue weighted by atomic mass is 10.1. The van der Waals surface area contributed by atoms with Crippen molar-refractivity contribution >= 4 is 27.5 Å². The third-order valence-electron chi connectivity index (χ3n) is 1.67. The number of aliphatic hydroxyl groups is 1. The van der Waals surface area contributed by atoms with Gasteiger partial charge in [0.05, 0.1) is 12.1 Å². The average Bonchev–Trinajstić information content (AvgIpc) is 2.04. The summed E-state index contributed by atoms with van der Waals surface area (Å²) in [7, 11) is 1.57. The Morgan fingerprint density at radius 2 is 2.23 bits per heavy atom. The molecule has 0 atom stereocenters. The van der Waals surface area contributed by atoms with Crippen LogP contribution in [0.2, 0.25) is 5.02 Å². The predicted molar refractivity (Wildman–Crippen MR) is 56.5 cm³/mol. The van der Waals surface area contributed by atoms with Crippen molar-refractivity contribution in [1.82, 2.24) is 0 Å². The van der Waals surface area contributed by atoms with E-state index in [9.17, 15) is 0 Å². The molecule has 0 fully saturated rings. The highest BCUT2D eigenvalue weighted by Crippen LogP contribution is 2.32. The first-order valence-corrected chi connectivity index (χ1v) is 4.99. The van der Waals surface area contributed by atoms with Gasteiger partial charge in [0, 0.05) is 11.1 Å². The number of hydrogen-bond acceptors (Lipinski definition) is 2. The Morgan fingerprint density at radius 3 is 2.77 bits per heavy atom. The Bertz CT molecular complexity index is 302. The molecule has 2 nitrogen and oxygen atoms in total. The van der Waals surface area contributed by atoms with Gasteiger partial charge in [0.25, 0.3) is 0 Å². The van der Waals surface area contributed by atoms with E-state index in [1.165, 1.54) is 0 Å². The molecule has 0 saturated carbocycles. The highest BCUT2D eigenvalue weighted by atomic mass is 79.9. The minimum absolute atomic E-state index is 0.0865. The van der Waals surface area contributed by atoms with Crippen molar-refractivity contribution in [2.24, 2.45) is 0 Å². The minimum atomic E-state index is 0.0865. The van der Waals surface area contributed by atoms with Crippen molar-refractivity contribution in [3.63, 3.8) is 0 Å². The van der Waals surface area contributed by atoms with Crippen LogP contribution in [0.4, 0.5) is 0 Å². The van der Waals surface area contributed by atoms with Crippen LogP contribution in [0.15, 0.2) is 16.6 Å². The molecule has 0 heterocycles. The van der Waals surface area contributed by atoms with Crippen LogP contribution in [-0.2, 0) is 6.42 Å². The van der Waals surface area contributed by atoms with Gasteiger partial charge in [0.1, 0.15) is 5.75 Å². The first kappa shape index (κ1) is 10.8. The molecular weight excluding hydrogens is 255 g/mol. The molecule has 0 spiro atoms. The Balaban J connectivity index is 3.13. The maximum absolute atomic E-state index is 8.81. The van der Waals surface area contributed by atoms with Gasteiger partial charge in [0.2, 0.25) is 0 Å². The first-order valence-electron chi connectivity index (χ1n) is 3.81. The van der Waals surface area contributed by atoms with Crippen LogP contribution in [0.1, 0.15) is 5.56 Å². The van der Waals surface area contributed by atoms with E-state index >= 15 is 0 Å². The number of benzene rings is 1. The summed E-state index contributed by atoms with van der Waals surface area (Å²) in [5.74, 6) is 0.638. The fourth-order valence-corrected chi connectivity index (χ4v) is 2.10. The maximum atomic E-state index is 8.81. The average molecular weight is 266 g/mol. The van der Waals surface area contributed by atoms with Crippen LogP contribution >= 0.6 is 27.5 Å². The maximum Gasteiger partial charge on any atom is 0.140 e. The molecule has 0 aliphatic rings. The monoisotopic (exact) mass is 264 g/mol. The number of halogens is 2. The van der Waals surface area contributed by atoms with E-state index in [0.717, 1.165) is 10.0 Å². The second kappa shape index (κ2) is 4.84. The number of methoxy groups -OCH3 is 1. The molecular formula is C9H10BrClO2. The van der Waals surface area contributed by atoms with Crippen LogP contribution in [0, 0.1) is 0 Å². The fraction of sp³-hybridized carbons (Fsp3) is 0.333. The summed E-state index contributed by atoms with van der Waals surface area (Å²) in [6.45, 7) is 0.0865.